The maximum Gasteiger partial charge on any atom is 1.00 e. The van der Waals surface area contributed by atoms with Gasteiger partial charge in [-0.3, -0.25) is 37.9 Å². The summed E-state index contributed by atoms with van der Waals surface area (Å²) in [6, 6.07) is 0. The summed E-state index contributed by atoms with van der Waals surface area (Å²) in [5.41, 5.74) is 0. The predicted molar refractivity (Wildman–Crippen MR) is 266 cm³/mol. The molecule has 2 aliphatic rings. The maximum atomic E-state index is 12.8. The zero-order chi connectivity index (χ0) is 48.6. The number of carbonyl (C=O) groups is 5. The minimum Gasteiger partial charge on any atom is -0.462 e. The summed E-state index contributed by atoms with van der Waals surface area (Å²) < 4.78 is 34.1. The van der Waals surface area contributed by atoms with Crippen molar-refractivity contribution in [2.45, 2.75) is 225 Å². The average Bonchev–Trinajstić information content (AvgIpc) is 3.63. The number of allylic oxidation sites excluding steroid dienone is 4. The van der Waals surface area contributed by atoms with E-state index in [1.165, 1.54) is 94.1 Å². The number of carbonyl (C=O) groups excluding carboxylic acids is 5. The summed E-state index contributed by atoms with van der Waals surface area (Å²) in [4.78, 5) is 73.7. The number of phosphoric ester groups is 1. The molecule has 2 rings (SSSR count). The number of unbranched alkanes of at least 4 members (excludes halogenated alkanes) is 22. The molecule has 0 aromatic carbocycles. The Bertz CT molecular complexity index is 1480. The summed E-state index contributed by atoms with van der Waals surface area (Å²) in [6.07, 6.45) is 43.4. The zero-order valence-electron chi connectivity index (χ0n) is 42.8. The summed E-state index contributed by atoms with van der Waals surface area (Å²) in [6.45, 7) is 3.66. The van der Waals surface area contributed by atoms with Crippen molar-refractivity contribution in [3.05, 3.63) is 36.5 Å². The van der Waals surface area contributed by atoms with E-state index in [4.69, 9.17) is 18.5 Å². The molecule has 1 fully saturated rings. The van der Waals surface area contributed by atoms with E-state index in [0.29, 0.717) is 45.1 Å². The molecule has 3 amide bonds. The van der Waals surface area contributed by atoms with Crippen LogP contribution in [0, 0.1) is 11.8 Å². The number of ether oxygens (including phenoxy) is 2. The molecule has 2 N–H and O–H groups in total. The molecule has 0 bridgehead atoms. The fraction of sp³-hybridized carbons (Fsp3) is 0.792. The molecular weight excluding hydrogens is 895 g/mol. The van der Waals surface area contributed by atoms with Crippen LogP contribution in [0.4, 0.5) is 0 Å². The van der Waals surface area contributed by atoms with Crippen LogP contribution in [0.3, 0.4) is 0 Å². The van der Waals surface area contributed by atoms with Crippen LogP contribution < -0.4 is 34.9 Å². The molecule has 15 heteroatoms. The van der Waals surface area contributed by atoms with Crippen LogP contribution in [0.1, 0.15) is 219 Å². The van der Waals surface area contributed by atoms with E-state index < -0.39 is 32.5 Å². The van der Waals surface area contributed by atoms with E-state index >= 15 is 0 Å². The molecule has 0 aromatic rings. The molecule has 2 atom stereocenters. The molecule has 13 nitrogen and oxygen atoms in total. The number of amides is 3. The van der Waals surface area contributed by atoms with Crippen molar-refractivity contribution < 1.29 is 81.5 Å². The summed E-state index contributed by atoms with van der Waals surface area (Å²) >= 11 is 0. The van der Waals surface area contributed by atoms with Gasteiger partial charge in [0.2, 0.25) is 5.91 Å². The first-order valence-electron chi connectivity index (χ1n) is 26.6. The number of nitrogens with one attached hydrogen (secondary N) is 1. The fourth-order valence-electron chi connectivity index (χ4n) is 8.47. The van der Waals surface area contributed by atoms with Crippen LogP contribution in [0.25, 0.3) is 0 Å². The van der Waals surface area contributed by atoms with E-state index in [0.717, 1.165) is 77.0 Å². The second-order valence-corrected chi connectivity index (χ2v) is 20.1. The Morgan fingerprint density at radius 2 is 1.09 bits per heavy atom. The first-order valence-corrected chi connectivity index (χ1v) is 28.1. The number of rotatable bonds is 43. The monoisotopic (exact) mass is 986 g/mol. The van der Waals surface area contributed by atoms with E-state index in [9.17, 15) is 33.4 Å². The molecule has 1 saturated carbocycles. The Hall–Kier alpha value is -2.12. The molecule has 1 aliphatic carbocycles. The van der Waals surface area contributed by atoms with Crippen molar-refractivity contribution in [1.82, 2.24) is 10.2 Å². The first-order chi connectivity index (χ1) is 32.5. The number of esters is 2. The van der Waals surface area contributed by atoms with E-state index in [1.54, 1.807) is 0 Å². The van der Waals surface area contributed by atoms with Gasteiger partial charge in [-0.15, -0.1) is 0 Å². The van der Waals surface area contributed by atoms with Crippen LogP contribution in [0.15, 0.2) is 36.5 Å². The van der Waals surface area contributed by atoms with Crippen LogP contribution in [0.2, 0.25) is 0 Å². The fourth-order valence-corrected chi connectivity index (χ4v) is 9.22. The third kappa shape index (κ3) is 34.2. The van der Waals surface area contributed by atoms with E-state index in [-0.39, 0.29) is 91.7 Å². The van der Waals surface area contributed by atoms with Gasteiger partial charge in [0.05, 0.1) is 13.2 Å². The molecule has 1 aliphatic heterocycles. The Balaban J connectivity index is 0.0000231. The van der Waals surface area contributed by atoms with Gasteiger partial charge in [-0.05, 0) is 95.8 Å². The quantitative estimate of drug-likeness (QED) is 0.0149. The van der Waals surface area contributed by atoms with Gasteiger partial charge in [0.25, 0.3) is 11.8 Å². The number of hydrogen-bond acceptors (Lipinski definition) is 10. The Kier molecular flexibility index (Phi) is 40.0. The van der Waals surface area contributed by atoms with E-state index in [1.807, 2.05) is 0 Å². The topological polar surface area (TPSA) is 175 Å². The molecule has 0 radical (unpaired) electrons. The second-order valence-electron chi connectivity index (χ2n) is 18.7. The molecular formula is C53H91N2NaO11P+. The predicted octanol–water partition coefficient (Wildman–Crippen LogP) is 9.50. The van der Waals surface area contributed by atoms with Gasteiger partial charge in [0, 0.05) is 44.0 Å². The molecule has 0 spiro atoms. The number of nitrogens with zero attached hydrogens (tertiary/aromatic N) is 1. The Morgan fingerprint density at radius 3 is 1.57 bits per heavy atom. The van der Waals surface area contributed by atoms with Gasteiger partial charge in [0.1, 0.15) is 6.61 Å². The molecule has 68 heavy (non-hydrogen) atoms. The van der Waals surface area contributed by atoms with E-state index in [2.05, 4.69) is 43.5 Å². The van der Waals surface area contributed by atoms with Crippen molar-refractivity contribution in [3.63, 3.8) is 0 Å². The summed E-state index contributed by atoms with van der Waals surface area (Å²) in [7, 11) is -4.62. The molecule has 1 unspecified atom stereocenters. The van der Waals surface area contributed by atoms with Crippen molar-refractivity contribution in [1.29, 1.82) is 0 Å². The smallest absolute Gasteiger partial charge is 0.462 e. The van der Waals surface area contributed by atoms with Gasteiger partial charge in [-0.1, -0.05) is 141 Å². The summed E-state index contributed by atoms with van der Waals surface area (Å²) in [5, 5.41) is 2.74. The third-order valence-corrected chi connectivity index (χ3v) is 13.6. The van der Waals surface area contributed by atoms with Crippen molar-refractivity contribution in [2.24, 2.45) is 11.8 Å². The van der Waals surface area contributed by atoms with Gasteiger partial charge in [0.15, 0.2) is 6.10 Å². The van der Waals surface area contributed by atoms with Crippen molar-refractivity contribution in [3.8, 4) is 0 Å². The number of imide groups is 1. The van der Waals surface area contributed by atoms with Crippen LogP contribution in [0.5, 0.6) is 0 Å². The van der Waals surface area contributed by atoms with Crippen molar-refractivity contribution in [2.75, 3.05) is 32.9 Å². The van der Waals surface area contributed by atoms with Crippen LogP contribution in [-0.4, -0.2) is 78.5 Å². The van der Waals surface area contributed by atoms with Gasteiger partial charge >= 0.3 is 49.3 Å². The average molecular weight is 986 g/mol. The van der Waals surface area contributed by atoms with Crippen LogP contribution in [-0.2, 0) is 47.1 Å². The minimum atomic E-state index is -4.62. The van der Waals surface area contributed by atoms with Crippen LogP contribution >= 0.6 is 7.82 Å². The molecule has 384 valence electrons. The van der Waals surface area contributed by atoms with Gasteiger partial charge < -0.3 is 19.7 Å². The molecule has 0 aromatic heterocycles. The number of hydrogen-bond donors (Lipinski definition) is 2. The van der Waals surface area contributed by atoms with Gasteiger partial charge in [-0.25, -0.2) is 4.57 Å². The standard InChI is InChI=1S/C53H91N2O11P.Na/c1-3-5-7-9-11-13-15-17-19-21-23-25-27-29-31-33-51(58)63-44-48(66-52(59)34-32-30-28-26-24-22-20-18-16-14-12-10-8-6-4-2)45-65-67(61,62)64-42-41-54-53(60)47-37-35-46(36-38-47)43-55-49(56)39-40-50(55)57;/h17-20,39-40,46-48H,3-16,21-38,41-45H2,1-2H3,(H,54,60)(H,61,62);/q;+1/b19-17-,20-18-;/t46?,47?,48-;/m1./s1. The largest absolute Gasteiger partial charge is 1.00 e. The zero-order valence-corrected chi connectivity index (χ0v) is 45.7. The maximum absolute atomic E-state index is 12.8. The minimum absolute atomic E-state index is 0. The number of phosphoric acid groups is 1. The normalized spacial score (nSPS) is 17.4. The Labute approximate surface area is 433 Å². The van der Waals surface area contributed by atoms with Gasteiger partial charge in [-0.2, -0.15) is 0 Å². The Morgan fingerprint density at radius 1 is 0.647 bits per heavy atom. The third-order valence-electron chi connectivity index (χ3n) is 12.7. The van der Waals surface area contributed by atoms with Crippen molar-refractivity contribution >= 4 is 37.5 Å². The molecule has 0 saturated heterocycles. The first kappa shape index (κ1) is 63.9. The SMILES string of the molecule is CCCCCCCC/C=C\CCCCCCCC(=O)OC[C@H](COP(=O)(O)OCCNC(=O)C1CCC(CN2C(=O)C=CC2=O)CC1)OC(=O)CCCCCCC/C=C\CCCCCCCC.[Na+]. The second kappa shape index (κ2) is 42.6. The molecule has 1 heterocycles. The summed E-state index contributed by atoms with van der Waals surface area (Å²) in [5.74, 6) is -1.87.